The van der Waals surface area contributed by atoms with Gasteiger partial charge in [-0.2, -0.15) is 0 Å². The van der Waals surface area contributed by atoms with Crippen LogP contribution in [0.2, 0.25) is 0 Å². The molecular formula is C11H11Br2NO4. The molecule has 0 unspecified atom stereocenters. The summed E-state index contributed by atoms with van der Waals surface area (Å²) in [7, 11) is 0. The van der Waals surface area contributed by atoms with Crippen LogP contribution in [0, 0.1) is 10.1 Å². The molecule has 0 spiro atoms. The van der Waals surface area contributed by atoms with Crippen molar-refractivity contribution in [2.45, 2.75) is 13.0 Å². The SMILES string of the molecule is C=C(Br)COc1c([C@H](C)O)cc(Br)cc1[N+](=O)[O-]. The first-order valence-electron chi connectivity index (χ1n) is 4.95. The molecule has 0 saturated carbocycles. The van der Waals surface area contributed by atoms with E-state index in [9.17, 15) is 15.2 Å². The van der Waals surface area contributed by atoms with Crippen molar-refractivity contribution in [3.8, 4) is 5.75 Å². The number of nitro benzene ring substituents is 1. The van der Waals surface area contributed by atoms with E-state index in [0.717, 1.165) is 0 Å². The molecule has 0 aliphatic carbocycles. The highest BCUT2D eigenvalue weighted by atomic mass is 79.9. The quantitative estimate of drug-likeness (QED) is 0.624. The van der Waals surface area contributed by atoms with Crippen molar-refractivity contribution in [2.24, 2.45) is 0 Å². The van der Waals surface area contributed by atoms with Crippen LogP contribution < -0.4 is 4.74 Å². The Balaban J connectivity index is 3.31. The van der Waals surface area contributed by atoms with Gasteiger partial charge in [0.05, 0.1) is 11.0 Å². The number of nitro groups is 1. The predicted octanol–water partition coefficient (Wildman–Crippen LogP) is 3.70. The minimum absolute atomic E-state index is 0.0544. The second kappa shape index (κ2) is 6.31. The molecule has 0 aromatic heterocycles. The third-order valence-corrected chi connectivity index (χ3v) is 2.77. The number of hydrogen-bond acceptors (Lipinski definition) is 4. The van der Waals surface area contributed by atoms with Crippen molar-refractivity contribution in [1.29, 1.82) is 0 Å². The molecule has 1 aromatic carbocycles. The van der Waals surface area contributed by atoms with E-state index in [-0.39, 0.29) is 18.0 Å². The van der Waals surface area contributed by atoms with Crippen molar-refractivity contribution in [2.75, 3.05) is 6.61 Å². The third-order valence-electron chi connectivity index (χ3n) is 2.08. The van der Waals surface area contributed by atoms with Gasteiger partial charge in [-0.25, -0.2) is 0 Å². The van der Waals surface area contributed by atoms with Gasteiger partial charge >= 0.3 is 5.69 Å². The normalized spacial score (nSPS) is 12.0. The Morgan fingerprint density at radius 1 is 1.67 bits per heavy atom. The molecule has 1 rings (SSSR count). The third kappa shape index (κ3) is 3.79. The summed E-state index contributed by atoms with van der Waals surface area (Å²) < 4.78 is 6.40. The average molecular weight is 381 g/mol. The van der Waals surface area contributed by atoms with E-state index in [2.05, 4.69) is 38.4 Å². The van der Waals surface area contributed by atoms with Gasteiger partial charge in [0.15, 0.2) is 0 Å². The number of hydrogen-bond donors (Lipinski definition) is 1. The monoisotopic (exact) mass is 379 g/mol. The van der Waals surface area contributed by atoms with Crippen LogP contribution in [0.5, 0.6) is 5.75 Å². The highest BCUT2D eigenvalue weighted by molar-refractivity contribution is 9.11. The van der Waals surface area contributed by atoms with E-state index >= 15 is 0 Å². The summed E-state index contributed by atoms with van der Waals surface area (Å²) in [6.45, 7) is 5.19. The van der Waals surface area contributed by atoms with Crippen LogP contribution in [0.1, 0.15) is 18.6 Å². The summed E-state index contributed by atoms with van der Waals surface area (Å²) in [6, 6.07) is 2.92. The van der Waals surface area contributed by atoms with E-state index < -0.39 is 11.0 Å². The van der Waals surface area contributed by atoms with Gasteiger partial charge in [0.25, 0.3) is 0 Å². The Morgan fingerprint density at radius 3 is 2.72 bits per heavy atom. The summed E-state index contributed by atoms with van der Waals surface area (Å²) in [5.74, 6) is 0.0544. The van der Waals surface area contributed by atoms with Crippen LogP contribution in [0.15, 0.2) is 27.7 Å². The Hall–Kier alpha value is -0.920. The first-order valence-corrected chi connectivity index (χ1v) is 6.53. The van der Waals surface area contributed by atoms with Crippen molar-refractivity contribution in [3.05, 3.63) is 43.3 Å². The highest BCUT2D eigenvalue weighted by Crippen LogP contribution is 2.38. The summed E-state index contributed by atoms with van der Waals surface area (Å²) in [5.41, 5.74) is 0.152. The molecule has 7 heteroatoms. The molecule has 0 aliphatic heterocycles. The maximum absolute atomic E-state index is 11.0. The number of aliphatic hydroxyl groups is 1. The Morgan fingerprint density at radius 2 is 2.28 bits per heavy atom. The number of nitrogens with zero attached hydrogens (tertiary/aromatic N) is 1. The summed E-state index contributed by atoms with van der Waals surface area (Å²) in [5, 5.41) is 20.6. The largest absolute Gasteiger partial charge is 0.481 e. The number of ether oxygens (including phenoxy) is 1. The fraction of sp³-hybridized carbons (Fsp3) is 0.273. The summed E-state index contributed by atoms with van der Waals surface area (Å²) >= 11 is 6.27. The molecule has 5 nitrogen and oxygen atoms in total. The van der Waals surface area contributed by atoms with Gasteiger partial charge in [-0.15, -0.1) is 0 Å². The Bertz CT molecular complexity index is 488. The summed E-state index contributed by atoms with van der Waals surface area (Å²) in [4.78, 5) is 10.4. The second-order valence-electron chi connectivity index (χ2n) is 3.58. The fourth-order valence-corrected chi connectivity index (χ4v) is 1.93. The van der Waals surface area contributed by atoms with Gasteiger partial charge in [-0.05, 0) is 13.0 Å². The van der Waals surface area contributed by atoms with Crippen molar-refractivity contribution in [1.82, 2.24) is 0 Å². The molecule has 98 valence electrons. The molecule has 1 N–H and O–H groups in total. The fourth-order valence-electron chi connectivity index (χ4n) is 1.35. The molecule has 0 radical (unpaired) electrons. The first-order chi connectivity index (χ1) is 8.32. The van der Waals surface area contributed by atoms with E-state index in [1.54, 1.807) is 6.07 Å². The minimum Gasteiger partial charge on any atom is -0.481 e. The average Bonchev–Trinajstić information content (AvgIpc) is 2.25. The zero-order chi connectivity index (χ0) is 13.9. The van der Waals surface area contributed by atoms with Crippen LogP contribution in [0.4, 0.5) is 5.69 Å². The molecule has 1 aromatic rings. The van der Waals surface area contributed by atoms with E-state index in [1.165, 1.54) is 13.0 Å². The lowest BCUT2D eigenvalue weighted by molar-refractivity contribution is -0.386. The van der Waals surface area contributed by atoms with Crippen LogP contribution >= 0.6 is 31.9 Å². The van der Waals surface area contributed by atoms with Gasteiger partial charge in [0.1, 0.15) is 6.61 Å². The van der Waals surface area contributed by atoms with E-state index in [0.29, 0.717) is 14.5 Å². The zero-order valence-electron chi connectivity index (χ0n) is 9.52. The lowest BCUT2D eigenvalue weighted by atomic mass is 10.1. The van der Waals surface area contributed by atoms with Gasteiger partial charge < -0.3 is 9.84 Å². The van der Waals surface area contributed by atoms with Crippen molar-refractivity contribution in [3.63, 3.8) is 0 Å². The predicted molar refractivity (Wildman–Crippen MR) is 75.0 cm³/mol. The number of halogens is 2. The molecule has 0 fully saturated rings. The van der Waals surface area contributed by atoms with Gasteiger partial charge in [-0.1, -0.05) is 38.4 Å². The molecule has 18 heavy (non-hydrogen) atoms. The van der Waals surface area contributed by atoms with Gasteiger partial charge in [-0.3, -0.25) is 10.1 Å². The zero-order valence-corrected chi connectivity index (χ0v) is 12.7. The topological polar surface area (TPSA) is 72.6 Å². The Kier molecular flexibility index (Phi) is 5.30. The molecule has 1 atom stereocenters. The minimum atomic E-state index is -0.875. The number of rotatable bonds is 5. The van der Waals surface area contributed by atoms with Gasteiger partial charge in [0, 0.05) is 20.6 Å². The molecule has 0 bridgehead atoms. The highest BCUT2D eigenvalue weighted by Gasteiger charge is 2.23. The number of aliphatic hydroxyl groups excluding tert-OH is 1. The second-order valence-corrected chi connectivity index (χ2v) is 5.62. The van der Waals surface area contributed by atoms with E-state index in [4.69, 9.17) is 4.74 Å². The molecule has 0 aliphatic rings. The molecular weight excluding hydrogens is 370 g/mol. The lowest BCUT2D eigenvalue weighted by Crippen LogP contribution is -2.05. The van der Waals surface area contributed by atoms with Gasteiger partial charge in [0.2, 0.25) is 5.75 Å². The maximum Gasteiger partial charge on any atom is 0.312 e. The van der Waals surface area contributed by atoms with Crippen LogP contribution in [0.3, 0.4) is 0 Å². The summed E-state index contributed by atoms with van der Waals surface area (Å²) in [6.07, 6.45) is -0.875. The van der Waals surface area contributed by atoms with Crippen LogP contribution in [-0.2, 0) is 0 Å². The van der Waals surface area contributed by atoms with Crippen molar-refractivity contribution >= 4 is 37.5 Å². The molecule has 0 amide bonds. The van der Waals surface area contributed by atoms with Crippen LogP contribution in [-0.4, -0.2) is 16.6 Å². The smallest absolute Gasteiger partial charge is 0.312 e. The lowest BCUT2D eigenvalue weighted by Gasteiger charge is -2.13. The Labute approximate surface area is 121 Å². The molecule has 0 saturated heterocycles. The first kappa shape index (κ1) is 15.1. The van der Waals surface area contributed by atoms with Crippen LogP contribution in [0.25, 0.3) is 0 Å². The number of benzene rings is 1. The van der Waals surface area contributed by atoms with Crippen molar-refractivity contribution < 1.29 is 14.8 Å². The molecule has 0 heterocycles. The van der Waals surface area contributed by atoms with E-state index in [1.807, 2.05) is 0 Å². The standard InChI is InChI=1S/C11H11Br2NO4/c1-6(12)5-18-11-9(7(2)15)3-8(13)4-10(11)14(16)17/h3-4,7,15H,1,5H2,2H3/t7-/m0/s1. The maximum atomic E-state index is 11.0.